The van der Waals surface area contributed by atoms with Gasteiger partial charge in [-0.2, -0.15) is 0 Å². The average Bonchev–Trinajstić information content (AvgIpc) is 2.96. The van der Waals surface area contributed by atoms with Crippen molar-refractivity contribution in [1.29, 1.82) is 0 Å². The van der Waals surface area contributed by atoms with Gasteiger partial charge in [0.2, 0.25) is 0 Å². The van der Waals surface area contributed by atoms with Crippen molar-refractivity contribution in [1.82, 2.24) is 5.32 Å². The Bertz CT molecular complexity index is 672. The number of carbonyl (C=O) groups is 1. The minimum atomic E-state index is -0.0959. The molecule has 3 rings (SSSR count). The maximum absolute atomic E-state index is 12.2. The second-order valence-corrected chi connectivity index (χ2v) is 4.67. The maximum atomic E-state index is 12.2. The highest BCUT2D eigenvalue weighted by atomic mass is 16.3. The summed E-state index contributed by atoms with van der Waals surface area (Å²) in [5, 5.41) is 2.93. The maximum Gasteiger partial charge on any atom is 0.255 e. The zero-order valence-corrected chi connectivity index (χ0v) is 11.0. The van der Waals surface area contributed by atoms with E-state index in [1.54, 1.807) is 6.26 Å². The van der Waals surface area contributed by atoms with Crippen molar-refractivity contribution in [2.24, 2.45) is 0 Å². The molecule has 0 radical (unpaired) electrons. The largest absolute Gasteiger partial charge is 0.471 e. The molecule has 1 aromatic rings. The lowest BCUT2D eigenvalue weighted by Crippen LogP contribution is -2.26. The summed E-state index contributed by atoms with van der Waals surface area (Å²) in [4.78, 5) is 12.2. The Balaban J connectivity index is 1.64. The van der Waals surface area contributed by atoms with Crippen LogP contribution in [0.15, 0.2) is 65.5 Å². The Morgan fingerprint density at radius 2 is 1.85 bits per heavy atom. The van der Waals surface area contributed by atoms with Crippen molar-refractivity contribution in [2.75, 3.05) is 6.54 Å². The molecule has 0 fully saturated rings. The van der Waals surface area contributed by atoms with Gasteiger partial charge >= 0.3 is 0 Å². The highest BCUT2D eigenvalue weighted by Crippen LogP contribution is 2.26. The molecule has 1 aliphatic carbocycles. The van der Waals surface area contributed by atoms with Crippen LogP contribution in [-0.4, -0.2) is 12.5 Å². The fourth-order valence-electron chi connectivity index (χ4n) is 2.26. The van der Waals surface area contributed by atoms with Crippen LogP contribution in [-0.2, 0) is 6.42 Å². The second kappa shape index (κ2) is 5.61. The van der Waals surface area contributed by atoms with Gasteiger partial charge in [0.15, 0.2) is 0 Å². The Morgan fingerprint density at radius 3 is 2.70 bits per heavy atom. The predicted molar refractivity (Wildman–Crippen MR) is 77.8 cm³/mol. The van der Waals surface area contributed by atoms with Gasteiger partial charge < -0.3 is 9.73 Å². The first-order valence-corrected chi connectivity index (χ1v) is 6.61. The second-order valence-electron chi connectivity index (χ2n) is 4.67. The van der Waals surface area contributed by atoms with E-state index in [9.17, 15) is 4.79 Å². The van der Waals surface area contributed by atoms with E-state index >= 15 is 0 Å². The summed E-state index contributed by atoms with van der Waals surface area (Å²) in [6.07, 6.45) is 3.97. The van der Waals surface area contributed by atoms with Crippen molar-refractivity contribution in [3.05, 3.63) is 72.2 Å². The lowest BCUT2D eigenvalue weighted by atomic mass is 10.1. The van der Waals surface area contributed by atoms with Crippen LogP contribution >= 0.6 is 0 Å². The zero-order valence-electron chi connectivity index (χ0n) is 11.0. The third-order valence-corrected chi connectivity index (χ3v) is 3.31. The van der Waals surface area contributed by atoms with Crippen LogP contribution in [0.2, 0.25) is 0 Å². The lowest BCUT2D eigenvalue weighted by Gasteiger charge is -2.08. The summed E-state index contributed by atoms with van der Waals surface area (Å²) in [5.41, 5.74) is 3.67. The normalized spacial score (nSPS) is 10.6. The van der Waals surface area contributed by atoms with Gasteiger partial charge in [0.25, 0.3) is 5.91 Å². The van der Waals surface area contributed by atoms with E-state index in [-0.39, 0.29) is 5.91 Å². The fraction of sp³-hybridized carbons (Fsp3) is 0.118. The van der Waals surface area contributed by atoms with Crippen LogP contribution in [0.25, 0.3) is 11.1 Å². The summed E-state index contributed by atoms with van der Waals surface area (Å²) >= 11 is 0. The van der Waals surface area contributed by atoms with E-state index in [4.69, 9.17) is 4.42 Å². The van der Waals surface area contributed by atoms with Gasteiger partial charge in [-0.25, -0.2) is 0 Å². The smallest absolute Gasteiger partial charge is 0.255 e. The monoisotopic (exact) mass is 265 g/mol. The molecule has 0 saturated heterocycles. The number of nitrogens with one attached hydrogen (secondary N) is 1. The number of benzene rings is 1. The SMILES string of the molecule is O=C(NCCc1ccccc1)c1cocc2cccc1-2. The predicted octanol–water partition coefficient (Wildman–Crippen LogP) is 3.36. The summed E-state index contributed by atoms with van der Waals surface area (Å²) in [7, 11) is 0. The average molecular weight is 265 g/mol. The first-order valence-electron chi connectivity index (χ1n) is 6.61. The van der Waals surface area contributed by atoms with Gasteiger partial charge in [-0.3, -0.25) is 4.79 Å². The summed E-state index contributed by atoms with van der Waals surface area (Å²) < 4.78 is 5.20. The molecule has 0 bridgehead atoms. The van der Waals surface area contributed by atoms with E-state index in [2.05, 4.69) is 17.4 Å². The van der Waals surface area contributed by atoms with Crippen molar-refractivity contribution < 1.29 is 9.21 Å². The minimum Gasteiger partial charge on any atom is -0.471 e. The van der Waals surface area contributed by atoms with Crippen molar-refractivity contribution >= 4 is 5.91 Å². The molecule has 0 aromatic heterocycles. The highest BCUT2D eigenvalue weighted by Gasteiger charge is 2.15. The highest BCUT2D eigenvalue weighted by molar-refractivity contribution is 6.00. The van der Waals surface area contributed by atoms with Crippen LogP contribution in [0, 0.1) is 0 Å². The zero-order chi connectivity index (χ0) is 13.8. The fourth-order valence-corrected chi connectivity index (χ4v) is 2.26. The molecule has 1 aromatic carbocycles. The quantitative estimate of drug-likeness (QED) is 0.786. The molecular formula is C17H15NO2. The Morgan fingerprint density at radius 1 is 1.00 bits per heavy atom. The molecule has 0 saturated carbocycles. The van der Waals surface area contributed by atoms with Crippen molar-refractivity contribution in [2.45, 2.75) is 6.42 Å². The summed E-state index contributed by atoms with van der Waals surface area (Å²) in [5.74, 6) is -0.0959. The van der Waals surface area contributed by atoms with E-state index in [0.717, 1.165) is 17.5 Å². The third-order valence-electron chi connectivity index (χ3n) is 3.31. The summed E-state index contributed by atoms with van der Waals surface area (Å²) in [6.45, 7) is 0.611. The van der Waals surface area contributed by atoms with Gasteiger partial charge in [0, 0.05) is 17.7 Å². The molecule has 1 N–H and O–H groups in total. The Kier molecular flexibility index (Phi) is 3.50. The molecule has 0 atom stereocenters. The molecule has 1 amide bonds. The van der Waals surface area contributed by atoms with Crippen LogP contribution in [0.1, 0.15) is 15.9 Å². The van der Waals surface area contributed by atoms with E-state index in [1.807, 2.05) is 36.4 Å². The van der Waals surface area contributed by atoms with Gasteiger partial charge in [-0.1, -0.05) is 48.5 Å². The first kappa shape index (κ1) is 12.5. The third kappa shape index (κ3) is 2.57. The molecule has 20 heavy (non-hydrogen) atoms. The Labute approximate surface area is 117 Å². The number of carbonyl (C=O) groups excluding carboxylic acids is 1. The Hall–Kier alpha value is -2.55. The van der Waals surface area contributed by atoms with Gasteiger partial charge in [0.1, 0.15) is 6.26 Å². The number of amides is 1. The molecule has 0 unspecified atom stereocenters. The summed E-state index contributed by atoms with van der Waals surface area (Å²) in [6, 6.07) is 15.9. The van der Waals surface area contributed by atoms with E-state index < -0.39 is 0 Å². The molecule has 3 nitrogen and oxygen atoms in total. The van der Waals surface area contributed by atoms with Crippen LogP contribution in [0.3, 0.4) is 0 Å². The first-order chi connectivity index (χ1) is 9.84. The number of hydrogen-bond donors (Lipinski definition) is 1. The topological polar surface area (TPSA) is 42.2 Å². The molecule has 1 heterocycles. The van der Waals surface area contributed by atoms with Crippen LogP contribution in [0.4, 0.5) is 0 Å². The van der Waals surface area contributed by atoms with Gasteiger partial charge in [0.05, 0.1) is 11.8 Å². The molecule has 2 aliphatic rings. The standard InChI is InChI=1S/C17H15NO2/c19-17(18-10-9-13-5-2-1-3-6-13)16-12-20-11-14-7-4-8-15(14)16/h1-8,11-12H,9-10H2,(H,18,19). The number of rotatable bonds is 4. The lowest BCUT2D eigenvalue weighted by molar-refractivity contribution is 0.0952. The van der Waals surface area contributed by atoms with Crippen molar-refractivity contribution in [3.8, 4) is 11.1 Å². The van der Waals surface area contributed by atoms with Gasteiger partial charge in [-0.05, 0) is 12.0 Å². The number of hydrogen-bond acceptors (Lipinski definition) is 2. The molecule has 1 aliphatic heterocycles. The van der Waals surface area contributed by atoms with E-state index in [0.29, 0.717) is 12.1 Å². The number of fused-ring (bicyclic) bond motifs is 1. The van der Waals surface area contributed by atoms with Crippen LogP contribution in [0.5, 0.6) is 0 Å². The minimum absolute atomic E-state index is 0.0959. The van der Waals surface area contributed by atoms with Gasteiger partial charge in [-0.15, -0.1) is 0 Å². The van der Waals surface area contributed by atoms with E-state index in [1.165, 1.54) is 11.8 Å². The molecule has 0 spiro atoms. The molecule has 3 heteroatoms. The molecular weight excluding hydrogens is 250 g/mol. The van der Waals surface area contributed by atoms with Crippen molar-refractivity contribution in [3.63, 3.8) is 0 Å². The van der Waals surface area contributed by atoms with Crippen LogP contribution < -0.4 is 5.32 Å². The molecule has 100 valence electrons.